The molecule has 0 saturated heterocycles. The van der Waals surface area contributed by atoms with Crippen molar-refractivity contribution in [2.75, 3.05) is 0 Å². The van der Waals surface area contributed by atoms with E-state index in [1.54, 1.807) is 0 Å². The Morgan fingerprint density at radius 2 is 1.88 bits per heavy atom. The van der Waals surface area contributed by atoms with Crippen molar-refractivity contribution in [3.63, 3.8) is 0 Å². The summed E-state index contributed by atoms with van der Waals surface area (Å²) in [6.45, 7) is 1.94. The molecule has 0 aromatic heterocycles. The van der Waals surface area contributed by atoms with Gasteiger partial charge < -0.3 is 11.5 Å². The van der Waals surface area contributed by atoms with Crippen molar-refractivity contribution < 1.29 is 0 Å². The lowest BCUT2D eigenvalue weighted by atomic mass is 10.2. The molecule has 0 radical (unpaired) electrons. The minimum atomic E-state index is -0.221. The molecule has 3 heteroatoms. The van der Waals surface area contributed by atoms with Gasteiger partial charge in [0.25, 0.3) is 0 Å². The second-order valence-electron chi connectivity index (χ2n) is 2.07. The molecule has 0 rings (SSSR count). The molecule has 0 aliphatic rings. The first-order valence-corrected chi connectivity index (χ1v) is 3.22. The average molecular weight is 137 g/mol. The molecule has 2 nitrogen and oxygen atoms in total. The summed E-state index contributed by atoms with van der Waals surface area (Å²) >= 11 is 5.44. The maximum absolute atomic E-state index is 5.44. The Morgan fingerprint density at radius 1 is 1.38 bits per heavy atom. The summed E-state index contributed by atoms with van der Waals surface area (Å²) in [6.07, 6.45) is 1.71. The van der Waals surface area contributed by atoms with Gasteiger partial charge >= 0.3 is 0 Å². The van der Waals surface area contributed by atoms with Crippen LogP contribution in [0.4, 0.5) is 0 Å². The van der Waals surface area contributed by atoms with Crippen LogP contribution < -0.4 is 11.5 Å². The molecule has 4 N–H and O–H groups in total. The van der Waals surface area contributed by atoms with E-state index in [9.17, 15) is 0 Å². The Hall–Kier alpha value is 0.210. The van der Waals surface area contributed by atoms with E-state index in [1.165, 1.54) is 0 Å². The lowest BCUT2D eigenvalue weighted by molar-refractivity contribution is 0.611. The second kappa shape index (κ2) is 4.13. The minimum Gasteiger partial charge on any atom is -0.328 e. The summed E-state index contributed by atoms with van der Waals surface area (Å²) in [5.74, 6) is 0. The van der Waals surface area contributed by atoms with Crippen molar-refractivity contribution in [3.05, 3.63) is 0 Å². The van der Waals surface area contributed by atoms with E-state index in [-0.39, 0.29) is 11.5 Å². The van der Waals surface area contributed by atoms with Gasteiger partial charge in [-0.3, -0.25) is 0 Å². The van der Waals surface area contributed by atoms with Crippen LogP contribution in [0.3, 0.4) is 0 Å². The second-order valence-corrected chi connectivity index (χ2v) is 2.63. The molecule has 0 aliphatic heterocycles. The van der Waals surface area contributed by atoms with Crippen LogP contribution in [0.2, 0.25) is 0 Å². The zero-order valence-electron chi connectivity index (χ0n) is 5.10. The summed E-state index contributed by atoms with van der Waals surface area (Å²) in [5, 5.41) is 0. The molecule has 0 bridgehead atoms. The third kappa shape index (κ3) is 6.21. The highest BCUT2D eigenvalue weighted by atomic mass is 35.5. The number of nitrogens with two attached hydrogens (primary N) is 2. The van der Waals surface area contributed by atoms with E-state index in [4.69, 9.17) is 23.1 Å². The van der Waals surface area contributed by atoms with Crippen molar-refractivity contribution in [2.45, 2.75) is 31.3 Å². The minimum absolute atomic E-state index is 0.221. The Morgan fingerprint density at radius 3 is 2.00 bits per heavy atom. The molecule has 0 aliphatic carbocycles. The van der Waals surface area contributed by atoms with Crippen LogP contribution in [0.1, 0.15) is 19.8 Å². The lowest BCUT2D eigenvalue weighted by Crippen LogP contribution is -2.19. The van der Waals surface area contributed by atoms with Crippen molar-refractivity contribution in [1.82, 2.24) is 0 Å². The highest BCUT2D eigenvalue weighted by Gasteiger charge is 1.97. The van der Waals surface area contributed by atoms with Gasteiger partial charge in [-0.1, -0.05) is 0 Å². The molecule has 0 aromatic carbocycles. The fourth-order valence-electron chi connectivity index (χ4n) is 0.422. The standard InChI is InChI=1S/C5H13ClN2/c1-4(7)2-3-5(6)8/h4-5H,2-3,7-8H2,1H3. The highest BCUT2D eigenvalue weighted by molar-refractivity contribution is 6.20. The number of rotatable bonds is 3. The van der Waals surface area contributed by atoms with E-state index >= 15 is 0 Å². The van der Waals surface area contributed by atoms with Crippen molar-refractivity contribution in [3.8, 4) is 0 Å². The molecule has 8 heavy (non-hydrogen) atoms. The van der Waals surface area contributed by atoms with E-state index in [1.807, 2.05) is 6.92 Å². The summed E-state index contributed by atoms with van der Waals surface area (Å²) < 4.78 is 0. The molecule has 50 valence electrons. The van der Waals surface area contributed by atoms with E-state index in [0.29, 0.717) is 0 Å². The molecule has 0 aromatic rings. The Labute approximate surface area is 55.2 Å². The van der Waals surface area contributed by atoms with Gasteiger partial charge in [0.15, 0.2) is 0 Å². The van der Waals surface area contributed by atoms with Crippen molar-refractivity contribution in [1.29, 1.82) is 0 Å². The third-order valence-corrected chi connectivity index (χ3v) is 1.12. The van der Waals surface area contributed by atoms with E-state index < -0.39 is 0 Å². The molecule has 0 saturated carbocycles. The maximum Gasteiger partial charge on any atom is 0.0801 e. The molecule has 0 amide bonds. The van der Waals surface area contributed by atoms with Gasteiger partial charge in [-0.2, -0.15) is 0 Å². The Balaban J connectivity index is 2.93. The smallest absolute Gasteiger partial charge is 0.0801 e. The Bertz CT molecular complexity index is 46.4. The van der Waals surface area contributed by atoms with Gasteiger partial charge in [-0.15, -0.1) is 11.6 Å². The van der Waals surface area contributed by atoms with Crippen LogP contribution in [0.5, 0.6) is 0 Å². The third-order valence-electron chi connectivity index (χ3n) is 0.898. The SMILES string of the molecule is CC(N)CCC(N)Cl. The van der Waals surface area contributed by atoms with E-state index in [2.05, 4.69) is 0 Å². The Kier molecular flexibility index (Phi) is 4.23. The lowest BCUT2D eigenvalue weighted by Gasteiger charge is -2.04. The normalized spacial score (nSPS) is 18.0. The van der Waals surface area contributed by atoms with Gasteiger partial charge in [0, 0.05) is 6.04 Å². The monoisotopic (exact) mass is 136 g/mol. The van der Waals surface area contributed by atoms with Crippen LogP contribution >= 0.6 is 11.6 Å². The van der Waals surface area contributed by atoms with Crippen molar-refractivity contribution in [2.24, 2.45) is 11.5 Å². The van der Waals surface area contributed by atoms with Gasteiger partial charge in [0.1, 0.15) is 0 Å². The molecular formula is C5H13ClN2. The predicted molar refractivity (Wildman–Crippen MR) is 36.7 cm³/mol. The number of alkyl halides is 1. The summed E-state index contributed by atoms with van der Waals surface area (Å²) in [6, 6.07) is 0.222. The molecule has 0 fully saturated rings. The summed E-state index contributed by atoms with van der Waals surface area (Å²) in [4.78, 5) is 0. The number of hydrogen-bond acceptors (Lipinski definition) is 2. The predicted octanol–water partition coefficient (Wildman–Crippen LogP) is 0.637. The van der Waals surface area contributed by atoms with E-state index in [0.717, 1.165) is 12.8 Å². The largest absolute Gasteiger partial charge is 0.328 e. The highest BCUT2D eigenvalue weighted by Crippen LogP contribution is 1.99. The van der Waals surface area contributed by atoms with Crippen molar-refractivity contribution >= 4 is 11.6 Å². The van der Waals surface area contributed by atoms with Crippen LogP contribution in [-0.2, 0) is 0 Å². The molecule has 2 atom stereocenters. The van der Waals surface area contributed by atoms with Gasteiger partial charge in [-0.05, 0) is 19.8 Å². The fraction of sp³-hybridized carbons (Fsp3) is 1.00. The van der Waals surface area contributed by atoms with Crippen LogP contribution in [0.15, 0.2) is 0 Å². The number of halogens is 1. The first-order valence-electron chi connectivity index (χ1n) is 2.78. The van der Waals surface area contributed by atoms with Gasteiger partial charge in [-0.25, -0.2) is 0 Å². The molecular weight excluding hydrogens is 124 g/mol. The van der Waals surface area contributed by atoms with Gasteiger partial charge in [0.2, 0.25) is 0 Å². The summed E-state index contributed by atoms with van der Waals surface area (Å²) in [5.41, 5.74) is 10.5. The summed E-state index contributed by atoms with van der Waals surface area (Å²) in [7, 11) is 0. The van der Waals surface area contributed by atoms with Gasteiger partial charge in [0.05, 0.1) is 5.50 Å². The molecule has 0 spiro atoms. The quantitative estimate of drug-likeness (QED) is 0.442. The molecule has 2 unspecified atom stereocenters. The van der Waals surface area contributed by atoms with Crippen LogP contribution in [0.25, 0.3) is 0 Å². The number of hydrogen-bond donors (Lipinski definition) is 2. The topological polar surface area (TPSA) is 52.0 Å². The first kappa shape index (κ1) is 8.21. The molecule has 0 heterocycles. The zero-order chi connectivity index (χ0) is 6.57. The fourth-order valence-corrected chi connectivity index (χ4v) is 0.548. The maximum atomic E-state index is 5.44. The first-order chi connectivity index (χ1) is 3.63. The average Bonchev–Trinajstić information content (AvgIpc) is 1.61. The van der Waals surface area contributed by atoms with Crippen LogP contribution in [-0.4, -0.2) is 11.5 Å². The zero-order valence-corrected chi connectivity index (χ0v) is 5.86. The van der Waals surface area contributed by atoms with Crippen LogP contribution in [0, 0.1) is 0 Å².